The number of fused-ring (bicyclic) bond motifs is 1. The molecule has 0 unspecified atom stereocenters. The van der Waals surface area contributed by atoms with Gasteiger partial charge in [0.15, 0.2) is 5.13 Å². The zero-order valence-electron chi connectivity index (χ0n) is 16.6. The lowest BCUT2D eigenvalue weighted by Gasteiger charge is -2.20. The number of hydrogen-bond donors (Lipinski definition) is 0. The summed E-state index contributed by atoms with van der Waals surface area (Å²) in [4.78, 5) is 24.1. The molecule has 8 heteroatoms. The number of imidazole rings is 1. The fourth-order valence-electron chi connectivity index (χ4n) is 3.29. The fraction of sp³-hybridized carbons (Fsp3) is 0.227. The van der Waals surface area contributed by atoms with Gasteiger partial charge in [0.1, 0.15) is 0 Å². The third kappa shape index (κ3) is 4.21. The summed E-state index contributed by atoms with van der Waals surface area (Å²) in [5.74, 6) is -0.184. The number of halogens is 2. The van der Waals surface area contributed by atoms with Gasteiger partial charge < -0.3 is 4.57 Å². The third-order valence-corrected chi connectivity index (χ3v) is 6.69. The average Bonchev–Trinajstić information content (AvgIpc) is 3.38. The average molecular weight is 459 g/mol. The Morgan fingerprint density at radius 3 is 2.67 bits per heavy atom. The predicted molar refractivity (Wildman–Crippen MR) is 124 cm³/mol. The van der Waals surface area contributed by atoms with Crippen molar-refractivity contribution in [2.75, 3.05) is 11.4 Å². The summed E-state index contributed by atoms with van der Waals surface area (Å²) < 4.78 is 3.09. The van der Waals surface area contributed by atoms with E-state index in [4.69, 9.17) is 28.2 Å². The second-order valence-electron chi connectivity index (χ2n) is 7.11. The third-order valence-electron chi connectivity index (χ3n) is 4.93. The van der Waals surface area contributed by atoms with Gasteiger partial charge >= 0.3 is 0 Å². The number of carbonyl (C=O) groups excluding carboxylic acids is 1. The molecule has 0 aliphatic heterocycles. The maximum Gasteiger partial charge on any atom is 0.261 e. The normalized spacial score (nSPS) is 11.2. The number of thiazole rings is 1. The molecule has 0 spiro atoms. The minimum Gasteiger partial charge on any atom is -0.337 e. The van der Waals surface area contributed by atoms with Crippen molar-refractivity contribution in [2.24, 2.45) is 0 Å². The van der Waals surface area contributed by atoms with Gasteiger partial charge in [-0.05, 0) is 49.6 Å². The van der Waals surface area contributed by atoms with Gasteiger partial charge in [0.25, 0.3) is 5.91 Å². The first kappa shape index (κ1) is 20.8. The Hall–Kier alpha value is -2.41. The van der Waals surface area contributed by atoms with E-state index >= 15 is 0 Å². The molecule has 0 saturated carbocycles. The van der Waals surface area contributed by atoms with Crippen LogP contribution in [-0.2, 0) is 6.54 Å². The van der Waals surface area contributed by atoms with Gasteiger partial charge in [0.05, 0.1) is 27.1 Å². The zero-order chi connectivity index (χ0) is 21.3. The van der Waals surface area contributed by atoms with Crippen LogP contribution < -0.4 is 4.90 Å². The molecule has 0 saturated heterocycles. The van der Waals surface area contributed by atoms with Crippen molar-refractivity contribution in [1.29, 1.82) is 0 Å². The van der Waals surface area contributed by atoms with Crippen molar-refractivity contribution in [3.8, 4) is 0 Å². The van der Waals surface area contributed by atoms with E-state index in [1.54, 1.807) is 35.6 Å². The first-order valence-corrected chi connectivity index (χ1v) is 11.1. The van der Waals surface area contributed by atoms with Gasteiger partial charge in [-0.15, -0.1) is 0 Å². The van der Waals surface area contributed by atoms with Gasteiger partial charge in [-0.25, -0.2) is 9.97 Å². The molecule has 154 valence electrons. The van der Waals surface area contributed by atoms with E-state index in [-0.39, 0.29) is 5.91 Å². The molecule has 0 N–H and O–H groups in total. The van der Waals surface area contributed by atoms with Crippen LogP contribution in [0.3, 0.4) is 0 Å². The predicted octanol–water partition coefficient (Wildman–Crippen LogP) is 6.15. The van der Waals surface area contributed by atoms with Gasteiger partial charge in [0.2, 0.25) is 0 Å². The van der Waals surface area contributed by atoms with Crippen molar-refractivity contribution < 1.29 is 4.79 Å². The largest absolute Gasteiger partial charge is 0.337 e. The smallest absolute Gasteiger partial charge is 0.261 e. The summed E-state index contributed by atoms with van der Waals surface area (Å²) in [5.41, 5.74) is 3.59. The minimum atomic E-state index is -0.184. The first-order valence-electron chi connectivity index (χ1n) is 9.53. The molecular formula is C22H20Cl2N4OS. The van der Waals surface area contributed by atoms with Crippen molar-refractivity contribution in [3.63, 3.8) is 0 Å². The molecule has 0 bridgehead atoms. The zero-order valence-corrected chi connectivity index (χ0v) is 18.9. The Kier molecular flexibility index (Phi) is 6.09. The van der Waals surface area contributed by atoms with Crippen LogP contribution in [0.15, 0.2) is 49.1 Å². The molecule has 30 heavy (non-hydrogen) atoms. The molecule has 0 atom stereocenters. The van der Waals surface area contributed by atoms with Gasteiger partial charge in [0, 0.05) is 30.5 Å². The number of hydrogen-bond acceptors (Lipinski definition) is 4. The highest BCUT2D eigenvalue weighted by molar-refractivity contribution is 7.22. The number of anilines is 1. The minimum absolute atomic E-state index is 0.184. The second kappa shape index (κ2) is 8.76. The molecule has 2 aromatic carbocycles. The second-order valence-corrected chi connectivity index (χ2v) is 8.93. The fourth-order valence-corrected chi connectivity index (χ4v) is 4.91. The highest BCUT2D eigenvalue weighted by atomic mass is 35.5. The van der Waals surface area contributed by atoms with Crippen LogP contribution in [0.5, 0.6) is 0 Å². The highest BCUT2D eigenvalue weighted by Crippen LogP contribution is 2.34. The lowest BCUT2D eigenvalue weighted by molar-refractivity contribution is 0.0986. The number of nitrogens with zero attached hydrogens (tertiary/aromatic N) is 4. The summed E-state index contributed by atoms with van der Waals surface area (Å²) in [6, 6.07) is 9.08. The van der Waals surface area contributed by atoms with Crippen LogP contribution in [0, 0.1) is 13.8 Å². The Morgan fingerprint density at radius 1 is 1.17 bits per heavy atom. The number of aryl methyl sites for hydroxylation is 3. The van der Waals surface area contributed by atoms with Crippen LogP contribution in [0.4, 0.5) is 5.13 Å². The van der Waals surface area contributed by atoms with E-state index in [2.05, 4.69) is 24.0 Å². The summed E-state index contributed by atoms with van der Waals surface area (Å²) in [5, 5.41) is 1.50. The Balaban J connectivity index is 1.70. The molecule has 0 fully saturated rings. The molecule has 5 nitrogen and oxygen atoms in total. The number of rotatable bonds is 6. The van der Waals surface area contributed by atoms with Crippen molar-refractivity contribution in [1.82, 2.24) is 14.5 Å². The molecule has 2 heterocycles. The highest BCUT2D eigenvalue weighted by Gasteiger charge is 2.24. The van der Waals surface area contributed by atoms with Crippen LogP contribution in [0.2, 0.25) is 10.0 Å². The number of aromatic nitrogens is 3. The SMILES string of the molecule is Cc1ccc(C)c2sc(N(CCCn3ccnc3)C(=O)c3ccc(Cl)cc3Cl)nc12. The molecule has 2 aromatic heterocycles. The van der Waals surface area contributed by atoms with E-state index in [9.17, 15) is 4.79 Å². The topological polar surface area (TPSA) is 51.0 Å². The van der Waals surface area contributed by atoms with Crippen molar-refractivity contribution in [2.45, 2.75) is 26.8 Å². The van der Waals surface area contributed by atoms with Gasteiger partial charge in [-0.2, -0.15) is 0 Å². The maximum absolute atomic E-state index is 13.5. The van der Waals surface area contributed by atoms with Gasteiger partial charge in [-0.1, -0.05) is 46.7 Å². The Bertz CT molecular complexity index is 1160. The van der Waals surface area contributed by atoms with Crippen LogP contribution >= 0.6 is 34.5 Å². The van der Waals surface area contributed by atoms with E-state index in [0.717, 1.165) is 34.3 Å². The van der Waals surface area contributed by atoms with Crippen LogP contribution in [0.25, 0.3) is 10.2 Å². The Morgan fingerprint density at radius 2 is 1.97 bits per heavy atom. The molecule has 0 aliphatic carbocycles. The molecular weight excluding hydrogens is 439 g/mol. The van der Waals surface area contributed by atoms with E-state index < -0.39 is 0 Å². The first-order chi connectivity index (χ1) is 14.4. The van der Waals surface area contributed by atoms with Crippen LogP contribution in [-0.4, -0.2) is 27.0 Å². The molecule has 0 radical (unpaired) electrons. The van der Waals surface area contributed by atoms with Crippen molar-refractivity contribution in [3.05, 3.63) is 75.8 Å². The molecule has 1 amide bonds. The van der Waals surface area contributed by atoms with Crippen LogP contribution in [0.1, 0.15) is 27.9 Å². The Labute approximate surface area is 188 Å². The maximum atomic E-state index is 13.5. The standard InChI is InChI=1S/C22H20Cl2N4OS/c1-14-4-5-15(2)20-19(14)26-22(30-20)28(10-3-9-27-11-8-25-13-27)21(29)17-7-6-16(23)12-18(17)24/h4-8,11-13H,3,9-10H2,1-2H3. The quantitative estimate of drug-likeness (QED) is 0.347. The lowest BCUT2D eigenvalue weighted by Crippen LogP contribution is -2.32. The summed E-state index contributed by atoms with van der Waals surface area (Å²) in [6.45, 7) is 5.35. The number of carbonyl (C=O) groups is 1. The monoisotopic (exact) mass is 458 g/mol. The van der Waals surface area contributed by atoms with E-state index in [0.29, 0.717) is 27.3 Å². The summed E-state index contributed by atoms with van der Waals surface area (Å²) >= 11 is 13.9. The van der Waals surface area contributed by atoms with E-state index in [1.165, 1.54) is 11.3 Å². The van der Waals surface area contributed by atoms with E-state index in [1.807, 2.05) is 17.7 Å². The summed E-state index contributed by atoms with van der Waals surface area (Å²) in [6.07, 6.45) is 6.18. The number of benzene rings is 2. The number of amides is 1. The molecule has 0 aliphatic rings. The van der Waals surface area contributed by atoms with Crippen molar-refractivity contribution >= 4 is 55.8 Å². The summed E-state index contributed by atoms with van der Waals surface area (Å²) in [7, 11) is 0. The van der Waals surface area contributed by atoms with Gasteiger partial charge in [-0.3, -0.25) is 9.69 Å². The molecule has 4 aromatic rings. The molecule has 4 rings (SSSR count). The lowest BCUT2D eigenvalue weighted by atomic mass is 10.1.